The number of carbonyl (C=O) groups excluding carboxylic acids is 1. The Morgan fingerprint density at radius 2 is 1.65 bits per heavy atom. The fourth-order valence-electron chi connectivity index (χ4n) is 7.95. The number of esters is 1. The number of anilines is 1. The summed E-state index contributed by atoms with van der Waals surface area (Å²) in [7, 11) is -4.35. The normalized spacial score (nSPS) is 28.1. The molecule has 2 saturated heterocycles. The van der Waals surface area contributed by atoms with Gasteiger partial charge < -0.3 is 28.2 Å². The van der Waals surface area contributed by atoms with Gasteiger partial charge in [0.15, 0.2) is 16.9 Å². The number of ether oxygens (including phenoxy) is 2. The molecule has 6 rings (SSSR count). The van der Waals surface area contributed by atoms with Crippen LogP contribution < -0.4 is 10.5 Å². The molecule has 3 aliphatic rings. The van der Waals surface area contributed by atoms with E-state index in [1.54, 1.807) is 49.5 Å². The van der Waals surface area contributed by atoms with Gasteiger partial charge in [0.05, 0.1) is 29.9 Å². The first-order chi connectivity index (χ1) is 22.7. The molecule has 262 valence electrons. The van der Waals surface area contributed by atoms with E-state index in [4.69, 9.17) is 39.8 Å². The molecule has 2 aliphatic heterocycles. The maximum Gasteiger partial charge on any atom is 0.338 e. The molecular formula is C33H48ClN5O6SSi2. The summed E-state index contributed by atoms with van der Waals surface area (Å²) in [5, 5.41) is -0.312. The van der Waals surface area contributed by atoms with Crippen LogP contribution in [0.3, 0.4) is 0 Å². The van der Waals surface area contributed by atoms with Crippen molar-refractivity contribution in [3.05, 3.63) is 41.3 Å². The first kappa shape index (κ1) is 35.6. The maximum absolute atomic E-state index is 14.1. The number of fused-ring (bicyclic) bond motifs is 1. The van der Waals surface area contributed by atoms with Gasteiger partial charge in [-0.2, -0.15) is 9.97 Å². The molecule has 48 heavy (non-hydrogen) atoms. The van der Waals surface area contributed by atoms with Crippen molar-refractivity contribution in [2.75, 3.05) is 12.8 Å². The third kappa shape index (κ3) is 5.68. The fraction of sp³-hybridized carbons (Fsp3) is 0.636. The highest BCUT2D eigenvalue weighted by Crippen LogP contribution is 2.63. The molecule has 0 bridgehead atoms. The van der Waals surface area contributed by atoms with Crippen LogP contribution in [0.25, 0.3) is 11.2 Å². The van der Waals surface area contributed by atoms with Crippen molar-refractivity contribution in [3.63, 3.8) is 0 Å². The predicted molar refractivity (Wildman–Crippen MR) is 193 cm³/mol. The quantitative estimate of drug-likeness (QED) is 0.138. The molecule has 2 N–H and O–H groups in total. The Morgan fingerprint density at radius 1 is 1.02 bits per heavy atom. The molecule has 0 amide bonds. The lowest BCUT2D eigenvalue weighted by molar-refractivity contribution is -0.0586. The summed E-state index contributed by atoms with van der Waals surface area (Å²) < 4.78 is 36.2. The molecule has 3 aromatic rings. The van der Waals surface area contributed by atoms with Gasteiger partial charge in [-0.15, -0.1) is 11.8 Å². The predicted octanol–water partition coefficient (Wildman–Crippen LogP) is 7.79. The summed E-state index contributed by atoms with van der Waals surface area (Å²) in [4.78, 5) is 27.3. The summed E-state index contributed by atoms with van der Waals surface area (Å²) in [6.07, 6.45) is 2.89. The zero-order chi connectivity index (χ0) is 34.8. The second-order valence-corrected chi connectivity index (χ2v) is 25.1. The number of hydrogen-bond acceptors (Lipinski definition) is 11. The van der Waals surface area contributed by atoms with E-state index in [0.29, 0.717) is 22.5 Å². The number of nitrogens with two attached hydrogens (primary N) is 1. The molecule has 1 aliphatic carbocycles. The lowest BCUT2D eigenvalue weighted by Gasteiger charge is -2.55. The van der Waals surface area contributed by atoms with Gasteiger partial charge in [0.25, 0.3) is 0 Å². The number of benzene rings is 1. The molecule has 5 atom stereocenters. The van der Waals surface area contributed by atoms with E-state index in [1.165, 1.54) is 0 Å². The van der Waals surface area contributed by atoms with E-state index in [2.05, 4.69) is 70.3 Å². The van der Waals surface area contributed by atoms with E-state index in [-0.39, 0.29) is 39.4 Å². The number of methoxy groups -OCH3 is 1. The molecule has 15 heteroatoms. The molecule has 1 unspecified atom stereocenters. The van der Waals surface area contributed by atoms with Crippen LogP contribution in [0.1, 0.15) is 90.4 Å². The van der Waals surface area contributed by atoms with Crippen molar-refractivity contribution >= 4 is 63.6 Å². The minimum Gasteiger partial charge on any atom is -0.497 e. The Bertz CT molecular complexity index is 1640. The lowest BCUT2D eigenvalue weighted by atomic mass is 9.93. The van der Waals surface area contributed by atoms with Crippen molar-refractivity contribution < 1.29 is 27.2 Å². The number of aromatic nitrogens is 4. The summed E-state index contributed by atoms with van der Waals surface area (Å²) in [5.41, 5.74) is 8.00. The first-order valence-electron chi connectivity index (χ1n) is 16.9. The van der Waals surface area contributed by atoms with Crippen LogP contribution in [0.15, 0.2) is 30.6 Å². The minimum absolute atomic E-state index is 0.0376. The van der Waals surface area contributed by atoms with Crippen LogP contribution in [0.2, 0.25) is 27.3 Å². The minimum atomic E-state index is -3.08. The number of halogens is 1. The molecule has 1 saturated carbocycles. The number of imidazole rings is 1. The number of carbonyl (C=O) groups is 1. The summed E-state index contributed by atoms with van der Waals surface area (Å²) in [6, 6.07) is 6.93. The highest BCUT2D eigenvalue weighted by molar-refractivity contribution is 8.01. The van der Waals surface area contributed by atoms with Gasteiger partial charge >= 0.3 is 23.1 Å². The van der Waals surface area contributed by atoms with Crippen LogP contribution in [0.4, 0.5) is 5.95 Å². The summed E-state index contributed by atoms with van der Waals surface area (Å²) in [6.45, 7) is 17.8. The SMILES string of the molecule is COc1ccc(C(=O)O[C@H]2[C@H](n3cnc4c(Cl)nc(N)nc43)SC34CCC[C@H]3O[Si](C(C)C)(C(C)C)O[Si](C(C)C)(C(C)C)O[C@@H]24)cc1. The topological polar surface area (TPSA) is 133 Å². The summed E-state index contributed by atoms with van der Waals surface area (Å²) >= 11 is 8.24. The van der Waals surface area contributed by atoms with E-state index < -0.39 is 45.4 Å². The van der Waals surface area contributed by atoms with Crippen LogP contribution in [-0.4, -0.2) is 72.8 Å². The average molecular weight is 734 g/mol. The van der Waals surface area contributed by atoms with Gasteiger partial charge in [0, 0.05) is 0 Å². The van der Waals surface area contributed by atoms with E-state index in [0.717, 1.165) is 19.3 Å². The van der Waals surface area contributed by atoms with Crippen molar-refractivity contribution in [2.45, 2.75) is 125 Å². The fourth-order valence-corrected chi connectivity index (χ4v) is 21.7. The Labute approximate surface area is 294 Å². The molecule has 4 heterocycles. The molecule has 1 spiro atoms. The number of nitrogen functional groups attached to an aromatic ring is 1. The van der Waals surface area contributed by atoms with Gasteiger partial charge in [-0.25, -0.2) is 9.78 Å². The van der Waals surface area contributed by atoms with Crippen LogP contribution in [0, 0.1) is 0 Å². The van der Waals surface area contributed by atoms with Crippen molar-refractivity contribution in [3.8, 4) is 5.75 Å². The molecule has 3 fully saturated rings. The van der Waals surface area contributed by atoms with Gasteiger partial charge in [-0.1, -0.05) is 67.0 Å². The Morgan fingerprint density at radius 3 is 2.25 bits per heavy atom. The number of rotatable bonds is 8. The molecular weight excluding hydrogens is 686 g/mol. The molecule has 11 nitrogen and oxygen atoms in total. The van der Waals surface area contributed by atoms with Crippen LogP contribution in [0.5, 0.6) is 5.75 Å². The maximum atomic E-state index is 14.1. The Hall–Kier alpha value is -2.21. The third-order valence-electron chi connectivity index (χ3n) is 10.4. The van der Waals surface area contributed by atoms with Gasteiger partial charge in [0.1, 0.15) is 22.7 Å². The molecule has 0 radical (unpaired) electrons. The van der Waals surface area contributed by atoms with E-state index in [1.807, 2.05) is 4.57 Å². The van der Waals surface area contributed by atoms with Gasteiger partial charge in [0.2, 0.25) is 5.95 Å². The second-order valence-electron chi connectivity index (χ2n) is 14.5. The number of thioether (sulfide) groups is 1. The largest absolute Gasteiger partial charge is 0.497 e. The molecule has 1 aromatic carbocycles. The Balaban J connectivity index is 1.55. The van der Waals surface area contributed by atoms with E-state index in [9.17, 15) is 4.79 Å². The second kappa shape index (κ2) is 13.2. The highest BCUT2D eigenvalue weighted by atomic mass is 35.5. The van der Waals surface area contributed by atoms with Crippen molar-refractivity contribution in [1.29, 1.82) is 0 Å². The number of hydrogen-bond donors (Lipinski definition) is 1. The Kier molecular flexibility index (Phi) is 9.76. The van der Waals surface area contributed by atoms with Crippen LogP contribution >= 0.6 is 23.4 Å². The zero-order valence-electron chi connectivity index (χ0n) is 29.2. The third-order valence-corrected chi connectivity index (χ3v) is 22.8. The standard InChI is InChI=1S/C33H48ClN5O6SSi2/c1-18(2)47(19(3)4)43-24-11-10-16-33(24)27(44-48(45-47,20(5)6)21(7)8)26(42-31(40)22-12-14-23(41-9)15-13-22)30(46-33)39-17-36-25-28(34)37-32(35)38-29(25)39/h12-15,17-21,24,26-27,30H,10-11,16H2,1-9H3,(H2,35,37,38)/t24-,26-,27+,30-,33?/m1/s1. The zero-order valence-corrected chi connectivity index (χ0v) is 32.8. The van der Waals surface area contributed by atoms with Crippen LogP contribution in [-0.2, 0) is 17.7 Å². The monoisotopic (exact) mass is 733 g/mol. The van der Waals surface area contributed by atoms with E-state index >= 15 is 0 Å². The smallest absolute Gasteiger partial charge is 0.338 e. The molecule has 2 aromatic heterocycles. The first-order valence-corrected chi connectivity index (χ1v) is 22.1. The van der Waals surface area contributed by atoms with Crippen molar-refractivity contribution in [2.24, 2.45) is 0 Å². The highest BCUT2D eigenvalue weighted by Gasteiger charge is 2.70. The van der Waals surface area contributed by atoms with Gasteiger partial charge in [-0.05, 0) is 65.7 Å². The summed E-state index contributed by atoms with van der Waals surface area (Å²) in [5.74, 6) is 0.229. The van der Waals surface area contributed by atoms with Gasteiger partial charge in [-0.3, -0.25) is 4.57 Å². The lowest BCUT2D eigenvalue weighted by Crippen LogP contribution is -2.69. The number of nitrogens with zero attached hydrogens (tertiary/aromatic N) is 4. The average Bonchev–Trinajstić information content (AvgIpc) is 3.70. The van der Waals surface area contributed by atoms with Crippen molar-refractivity contribution in [1.82, 2.24) is 19.5 Å².